The second-order valence-corrected chi connectivity index (χ2v) is 2.42. The molecule has 0 spiro atoms. The Morgan fingerprint density at radius 2 is 2.31 bits per heavy atom. The lowest BCUT2D eigenvalue weighted by atomic mass is 10.4. The molecule has 0 saturated carbocycles. The fourth-order valence-electron chi connectivity index (χ4n) is 0.645. The Morgan fingerprint density at radius 1 is 1.62 bits per heavy atom. The molecular weight excluding hydrogens is 180 g/mol. The molecule has 1 heterocycles. The van der Waals surface area contributed by atoms with E-state index in [1.54, 1.807) is 6.92 Å². The summed E-state index contributed by atoms with van der Waals surface area (Å²) in [5.41, 5.74) is 6.09. The number of aryl methyl sites for hydroxylation is 1. The van der Waals surface area contributed by atoms with Gasteiger partial charge >= 0.3 is 6.01 Å². The van der Waals surface area contributed by atoms with Gasteiger partial charge in [-0.15, -0.1) is 0 Å². The highest BCUT2D eigenvalue weighted by molar-refractivity contribution is 5.36. The number of alkyl halides is 2. The Hall–Kier alpha value is -1.46. The summed E-state index contributed by atoms with van der Waals surface area (Å²) in [7, 11) is 0. The van der Waals surface area contributed by atoms with E-state index in [1.807, 2.05) is 0 Å². The first-order chi connectivity index (χ1) is 6.09. The molecule has 4 nitrogen and oxygen atoms in total. The second-order valence-electron chi connectivity index (χ2n) is 2.42. The van der Waals surface area contributed by atoms with Gasteiger partial charge in [0.2, 0.25) is 0 Å². The van der Waals surface area contributed by atoms with Crippen molar-refractivity contribution in [1.29, 1.82) is 0 Å². The van der Waals surface area contributed by atoms with Gasteiger partial charge in [0.05, 0.1) is 0 Å². The average molecular weight is 189 g/mol. The van der Waals surface area contributed by atoms with E-state index in [1.165, 1.54) is 6.20 Å². The third-order valence-electron chi connectivity index (χ3n) is 1.33. The van der Waals surface area contributed by atoms with Gasteiger partial charge in [-0.05, 0) is 6.92 Å². The summed E-state index contributed by atoms with van der Waals surface area (Å²) in [5.74, 6) is 0.235. The molecule has 1 aromatic rings. The van der Waals surface area contributed by atoms with Gasteiger partial charge in [-0.3, -0.25) is 0 Å². The minimum absolute atomic E-state index is 0.122. The van der Waals surface area contributed by atoms with Crippen LogP contribution in [0.4, 0.5) is 14.6 Å². The molecule has 0 atom stereocenters. The maximum atomic E-state index is 11.7. The number of nitrogen functional groups attached to an aromatic ring is 1. The average Bonchev–Trinajstić information content (AvgIpc) is 2.07. The van der Waals surface area contributed by atoms with Crippen LogP contribution in [0.25, 0.3) is 0 Å². The normalized spacial score (nSPS) is 10.5. The molecule has 6 heteroatoms. The Labute approximate surface area is 73.8 Å². The van der Waals surface area contributed by atoms with Crippen LogP contribution >= 0.6 is 0 Å². The Bertz CT molecular complexity index is 293. The zero-order valence-electron chi connectivity index (χ0n) is 7.00. The van der Waals surface area contributed by atoms with Gasteiger partial charge in [-0.2, -0.15) is 4.98 Å². The molecule has 2 N–H and O–H groups in total. The lowest BCUT2D eigenvalue weighted by Gasteiger charge is -2.04. The number of nitrogens with two attached hydrogens (primary N) is 1. The summed E-state index contributed by atoms with van der Waals surface area (Å²) < 4.78 is 27.9. The number of rotatable bonds is 3. The van der Waals surface area contributed by atoms with Crippen molar-refractivity contribution in [3.8, 4) is 6.01 Å². The molecule has 0 aliphatic heterocycles. The van der Waals surface area contributed by atoms with E-state index in [2.05, 4.69) is 14.7 Å². The molecule has 0 aliphatic carbocycles. The molecule has 0 aliphatic rings. The Kier molecular flexibility index (Phi) is 2.94. The van der Waals surface area contributed by atoms with Crippen LogP contribution in [0.3, 0.4) is 0 Å². The molecular formula is C7H9F2N3O. The van der Waals surface area contributed by atoms with Crippen LogP contribution < -0.4 is 10.5 Å². The molecule has 72 valence electrons. The van der Waals surface area contributed by atoms with Crippen LogP contribution in [0.2, 0.25) is 0 Å². The van der Waals surface area contributed by atoms with Gasteiger partial charge in [-0.1, -0.05) is 0 Å². The van der Waals surface area contributed by atoms with Crippen molar-refractivity contribution in [1.82, 2.24) is 9.97 Å². The number of ether oxygens (including phenoxy) is 1. The lowest BCUT2D eigenvalue weighted by Crippen LogP contribution is -2.10. The molecule has 13 heavy (non-hydrogen) atoms. The number of hydrogen-bond acceptors (Lipinski definition) is 4. The first kappa shape index (κ1) is 9.63. The first-order valence-corrected chi connectivity index (χ1v) is 3.59. The van der Waals surface area contributed by atoms with Crippen LogP contribution in [0, 0.1) is 6.92 Å². The summed E-state index contributed by atoms with van der Waals surface area (Å²) in [6.07, 6.45) is -1.12. The van der Waals surface area contributed by atoms with Crippen LogP contribution in [0.15, 0.2) is 6.20 Å². The third-order valence-corrected chi connectivity index (χ3v) is 1.33. The van der Waals surface area contributed by atoms with Crippen LogP contribution in [0.1, 0.15) is 5.56 Å². The van der Waals surface area contributed by atoms with Gasteiger partial charge in [0.15, 0.2) is 6.61 Å². The largest absolute Gasteiger partial charge is 0.457 e. The fraction of sp³-hybridized carbons (Fsp3) is 0.429. The first-order valence-electron chi connectivity index (χ1n) is 3.59. The van der Waals surface area contributed by atoms with Crippen LogP contribution in [-0.4, -0.2) is 23.0 Å². The van der Waals surface area contributed by atoms with E-state index in [4.69, 9.17) is 5.73 Å². The fourth-order valence-corrected chi connectivity index (χ4v) is 0.645. The van der Waals surface area contributed by atoms with Gasteiger partial charge in [-0.25, -0.2) is 13.8 Å². The number of nitrogens with zero attached hydrogens (tertiary/aromatic N) is 2. The van der Waals surface area contributed by atoms with E-state index in [0.29, 0.717) is 5.56 Å². The molecule has 0 bridgehead atoms. The molecule has 0 amide bonds. The van der Waals surface area contributed by atoms with Crippen molar-refractivity contribution in [2.24, 2.45) is 0 Å². The number of aromatic nitrogens is 2. The minimum atomic E-state index is -2.54. The highest BCUT2D eigenvalue weighted by atomic mass is 19.3. The van der Waals surface area contributed by atoms with Crippen molar-refractivity contribution < 1.29 is 13.5 Å². The van der Waals surface area contributed by atoms with Gasteiger partial charge in [0.1, 0.15) is 5.82 Å². The molecule has 0 fully saturated rings. The van der Waals surface area contributed by atoms with E-state index < -0.39 is 13.0 Å². The van der Waals surface area contributed by atoms with Crippen LogP contribution in [-0.2, 0) is 0 Å². The molecule has 0 radical (unpaired) electrons. The number of halogens is 2. The highest BCUT2D eigenvalue weighted by Gasteiger charge is 2.06. The van der Waals surface area contributed by atoms with Gasteiger partial charge in [0, 0.05) is 11.8 Å². The summed E-state index contributed by atoms with van der Waals surface area (Å²) in [6, 6.07) is -0.122. The minimum Gasteiger partial charge on any atom is -0.457 e. The smallest absolute Gasteiger partial charge is 0.318 e. The molecule has 1 aromatic heterocycles. The Balaban J connectivity index is 2.63. The van der Waals surface area contributed by atoms with Crippen molar-refractivity contribution in [3.63, 3.8) is 0 Å². The Morgan fingerprint density at radius 3 is 2.85 bits per heavy atom. The van der Waals surface area contributed by atoms with E-state index in [-0.39, 0.29) is 11.8 Å². The molecule has 0 unspecified atom stereocenters. The zero-order chi connectivity index (χ0) is 9.84. The predicted octanol–water partition coefficient (Wildman–Crippen LogP) is 1.01. The van der Waals surface area contributed by atoms with Crippen LogP contribution in [0.5, 0.6) is 6.01 Å². The van der Waals surface area contributed by atoms with E-state index in [9.17, 15) is 8.78 Å². The summed E-state index contributed by atoms with van der Waals surface area (Å²) in [6.45, 7) is 0.995. The number of anilines is 1. The summed E-state index contributed by atoms with van der Waals surface area (Å²) in [5, 5.41) is 0. The molecule has 1 rings (SSSR count). The second kappa shape index (κ2) is 3.97. The summed E-state index contributed by atoms with van der Waals surface area (Å²) >= 11 is 0. The van der Waals surface area contributed by atoms with E-state index in [0.717, 1.165) is 0 Å². The SMILES string of the molecule is Cc1cnc(OCC(F)F)nc1N. The third kappa shape index (κ3) is 2.81. The summed E-state index contributed by atoms with van der Waals surface area (Å²) in [4.78, 5) is 7.32. The lowest BCUT2D eigenvalue weighted by molar-refractivity contribution is 0.0771. The molecule has 0 aromatic carbocycles. The van der Waals surface area contributed by atoms with Crippen molar-refractivity contribution in [2.75, 3.05) is 12.3 Å². The quantitative estimate of drug-likeness (QED) is 0.770. The topological polar surface area (TPSA) is 61.0 Å². The highest BCUT2D eigenvalue weighted by Crippen LogP contribution is 2.10. The zero-order valence-corrected chi connectivity index (χ0v) is 7.00. The van der Waals surface area contributed by atoms with E-state index >= 15 is 0 Å². The van der Waals surface area contributed by atoms with Gasteiger partial charge < -0.3 is 10.5 Å². The number of hydrogen-bond donors (Lipinski definition) is 1. The maximum absolute atomic E-state index is 11.7. The maximum Gasteiger partial charge on any atom is 0.318 e. The van der Waals surface area contributed by atoms with Crippen molar-refractivity contribution >= 4 is 5.82 Å². The van der Waals surface area contributed by atoms with Gasteiger partial charge in [0.25, 0.3) is 6.43 Å². The van der Waals surface area contributed by atoms with Crippen molar-refractivity contribution in [3.05, 3.63) is 11.8 Å². The monoisotopic (exact) mass is 189 g/mol. The van der Waals surface area contributed by atoms with Crippen molar-refractivity contribution in [2.45, 2.75) is 13.3 Å². The molecule has 0 saturated heterocycles. The predicted molar refractivity (Wildman–Crippen MR) is 42.7 cm³/mol. The standard InChI is InChI=1S/C7H9F2N3O/c1-4-2-11-7(12-6(4)10)13-3-5(8)9/h2,5H,3H2,1H3,(H2,10,11,12).